The van der Waals surface area contributed by atoms with E-state index in [9.17, 15) is 4.79 Å². The molecule has 0 amide bonds. The van der Waals surface area contributed by atoms with Gasteiger partial charge >= 0.3 is 5.97 Å². The van der Waals surface area contributed by atoms with Crippen LogP contribution < -0.4 is 5.73 Å². The Morgan fingerprint density at radius 3 is 2.53 bits per heavy atom. The van der Waals surface area contributed by atoms with E-state index in [2.05, 4.69) is 11.8 Å². The fourth-order valence-electron chi connectivity index (χ4n) is 2.12. The molecule has 1 fully saturated rings. The SMILES string of the molecule is CCCN(CCCCC(C)(N)C(=O)O)C1CC1. The molecule has 1 unspecified atom stereocenters. The van der Waals surface area contributed by atoms with Gasteiger partial charge in [0.15, 0.2) is 0 Å². The van der Waals surface area contributed by atoms with E-state index in [1.54, 1.807) is 6.92 Å². The molecule has 1 rings (SSSR count). The Morgan fingerprint density at radius 1 is 1.41 bits per heavy atom. The van der Waals surface area contributed by atoms with E-state index < -0.39 is 11.5 Å². The van der Waals surface area contributed by atoms with Crippen molar-refractivity contribution in [3.8, 4) is 0 Å². The average Bonchev–Trinajstić information content (AvgIpc) is 3.06. The van der Waals surface area contributed by atoms with Crippen molar-refractivity contribution in [2.45, 2.75) is 64.0 Å². The standard InChI is InChI=1S/C13H26N2O2/c1-3-9-15(11-6-7-11)10-5-4-8-13(2,14)12(16)17/h11H,3-10,14H2,1-2H3,(H,16,17). The van der Waals surface area contributed by atoms with E-state index in [0.29, 0.717) is 6.42 Å². The van der Waals surface area contributed by atoms with Crippen LogP contribution in [0.2, 0.25) is 0 Å². The number of carboxylic acid groups (broad SMARTS) is 1. The summed E-state index contributed by atoms with van der Waals surface area (Å²) in [6.07, 6.45) is 6.38. The van der Waals surface area contributed by atoms with Gasteiger partial charge in [-0.25, -0.2) is 0 Å². The van der Waals surface area contributed by atoms with E-state index in [1.807, 2.05) is 0 Å². The van der Waals surface area contributed by atoms with Gasteiger partial charge in [0, 0.05) is 6.04 Å². The maximum atomic E-state index is 10.8. The molecule has 17 heavy (non-hydrogen) atoms. The first-order valence-electron chi connectivity index (χ1n) is 6.73. The third-order valence-electron chi connectivity index (χ3n) is 3.45. The fourth-order valence-corrected chi connectivity index (χ4v) is 2.12. The maximum absolute atomic E-state index is 10.8. The minimum absolute atomic E-state index is 0.562. The van der Waals surface area contributed by atoms with Crippen LogP contribution in [0.5, 0.6) is 0 Å². The highest BCUT2D eigenvalue weighted by atomic mass is 16.4. The molecule has 0 aromatic carbocycles. The minimum Gasteiger partial charge on any atom is -0.480 e. The third-order valence-corrected chi connectivity index (χ3v) is 3.45. The maximum Gasteiger partial charge on any atom is 0.323 e. The summed E-state index contributed by atoms with van der Waals surface area (Å²) in [4.78, 5) is 13.4. The molecule has 0 saturated heterocycles. The monoisotopic (exact) mass is 242 g/mol. The minimum atomic E-state index is -1.06. The zero-order valence-electron chi connectivity index (χ0n) is 11.1. The Balaban J connectivity index is 2.16. The highest BCUT2D eigenvalue weighted by Crippen LogP contribution is 2.27. The summed E-state index contributed by atoms with van der Waals surface area (Å²) >= 11 is 0. The zero-order valence-corrected chi connectivity index (χ0v) is 11.1. The molecule has 4 heteroatoms. The number of carboxylic acids is 1. The van der Waals surface area contributed by atoms with Crippen molar-refractivity contribution < 1.29 is 9.90 Å². The third kappa shape index (κ3) is 5.04. The van der Waals surface area contributed by atoms with Gasteiger partial charge in [-0.1, -0.05) is 6.92 Å². The number of nitrogens with zero attached hydrogens (tertiary/aromatic N) is 1. The quantitative estimate of drug-likeness (QED) is 0.605. The molecule has 3 N–H and O–H groups in total. The molecule has 1 aliphatic carbocycles. The highest BCUT2D eigenvalue weighted by molar-refractivity contribution is 5.77. The number of carbonyl (C=O) groups is 1. The van der Waals surface area contributed by atoms with Gasteiger partial charge in [-0.3, -0.25) is 4.79 Å². The molecule has 1 aliphatic rings. The van der Waals surface area contributed by atoms with Crippen LogP contribution in [0.4, 0.5) is 0 Å². The van der Waals surface area contributed by atoms with Crippen molar-refractivity contribution in [1.82, 2.24) is 4.90 Å². The van der Waals surface area contributed by atoms with E-state index in [0.717, 1.165) is 25.4 Å². The second kappa shape index (κ2) is 6.36. The van der Waals surface area contributed by atoms with Crippen LogP contribution in [-0.4, -0.2) is 40.6 Å². The second-order valence-corrected chi connectivity index (χ2v) is 5.45. The number of nitrogens with two attached hydrogens (primary N) is 1. The molecule has 0 aromatic heterocycles. The summed E-state index contributed by atoms with van der Waals surface area (Å²) in [6, 6.07) is 0.804. The Morgan fingerprint density at radius 2 is 2.06 bits per heavy atom. The van der Waals surface area contributed by atoms with Gasteiger partial charge in [0.2, 0.25) is 0 Å². The number of unbranched alkanes of at least 4 members (excludes halogenated alkanes) is 1. The second-order valence-electron chi connectivity index (χ2n) is 5.45. The van der Waals surface area contributed by atoms with Crippen molar-refractivity contribution >= 4 is 5.97 Å². The summed E-state index contributed by atoms with van der Waals surface area (Å²) in [7, 11) is 0. The molecule has 0 aromatic rings. The van der Waals surface area contributed by atoms with Crippen LogP contribution in [0.3, 0.4) is 0 Å². The lowest BCUT2D eigenvalue weighted by molar-refractivity contribution is -0.142. The van der Waals surface area contributed by atoms with Gasteiger partial charge in [0.05, 0.1) is 0 Å². The summed E-state index contributed by atoms with van der Waals surface area (Å²) in [5, 5.41) is 8.90. The summed E-state index contributed by atoms with van der Waals surface area (Å²) in [6.45, 7) is 6.06. The fraction of sp³-hybridized carbons (Fsp3) is 0.923. The highest BCUT2D eigenvalue weighted by Gasteiger charge is 2.29. The van der Waals surface area contributed by atoms with Crippen LogP contribution in [0.1, 0.15) is 52.4 Å². The number of aliphatic carboxylic acids is 1. The van der Waals surface area contributed by atoms with Crippen LogP contribution in [-0.2, 0) is 4.79 Å². The van der Waals surface area contributed by atoms with Crippen LogP contribution >= 0.6 is 0 Å². The van der Waals surface area contributed by atoms with Crippen LogP contribution in [0.25, 0.3) is 0 Å². The Labute approximate surface area is 104 Å². The number of rotatable bonds is 9. The molecule has 4 nitrogen and oxygen atoms in total. The lowest BCUT2D eigenvalue weighted by atomic mass is 9.96. The molecule has 0 spiro atoms. The van der Waals surface area contributed by atoms with Gasteiger partial charge in [-0.15, -0.1) is 0 Å². The summed E-state index contributed by atoms with van der Waals surface area (Å²) in [5.41, 5.74) is 4.63. The van der Waals surface area contributed by atoms with E-state index in [4.69, 9.17) is 10.8 Å². The summed E-state index contributed by atoms with van der Waals surface area (Å²) < 4.78 is 0. The normalized spacial score (nSPS) is 19.3. The molecule has 0 radical (unpaired) electrons. The van der Waals surface area contributed by atoms with Crippen molar-refractivity contribution in [3.63, 3.8) is 0 Å². The van der Waals surface area contributed by atoms with Crippen molar-refractivity contribution in [3.05, 3.63) is 0 Å². The van der Waals surface area contributed by atoms with Crippen molar-refractivity contribution in [2.75, 3.05) is 13.1 Å². The first-order valence-corrected chi connectivity index (χ1v) is 6.73. The molecular weight excluding hydrogens is 216 g/mol. The predicted octanol–water partition coefficient (Wildman–Crippen LogP) is 1.83. The largest absolute Gasteiger partial charge is 0.480 e. The molecule has 0 bridgehead atoms. The molecule has 1 atom stereocenters. The first-order chi connectivity index (χ1) is 7.97. The average molecular weight is 242 g/mol. The molecule has 100 valence electrons. The molecule has 1 saturated carbocycles. The van der Waals surface area contributed by atoms with Gasteiger partial charge in [0.1, 0.15) is 5.54 Å². The van der Waals surface area contributed by atoms with Crippen LogP contribution in [0, 0.1) is 0 Å². The number of hydrogen-bond donors (Lipinski definition) is 2. The molecular formula is C13H26N2O2. The Kier molecular flexibility index (Phi) is 5.40. The smallest absolute Gasteiger partial charge is 0.323 e. The summed E-state index contributed by atoms with van der Waals surface area (Å²) in [5.74, 6) is -0.898. The van der Waals surface area contributed by atoms with Crippen molar-refractivity contribution in [1.29, 1.82) is 0 Å². The lowest BCUT2D eigenvalue weighted by Crippen LogP contribution is -2.44. The van der Waals surface area contributed by atoms with Gasteiger partial charge in [0.25, 0.3) is 0 Å². The Hall–Kier alpha value is -0.610. The zero-order chi connectivity index (χ0) is 12.9. The molecule has 0 aliphatic heterocycles. The predicted molar refractivity (Wildman–Crippen MR) is 69.0 cm³/mol. The van der Waals surface area contributed by atoms with E-state index in [-0.39, 0.29) is 0 Å². The lowest BCUT2D eigenvalue weighted by Gasteiger charge is -2.23. The Bertz CT molecular complexity index is 250. The molecule has 0 heterocycles. The van der Waals surface area contributed by atoms with Crippen LogP contribution in [0.15, 0.2) is 0 Å². The van der Waals surface area contributed by atoms with Gasteiger partial charge in [-0.05, 0) is 58.5 Å². The van der Waals surface area contributed by atoms with Crippen molar-refractivity contribution in [2.24, 2.45) is 5.73 Å². The first kappa shape index (κ1) is 14.5. The van der Waals surface area contributed by atoms with Gasteiger partial charge < -0.3 is 15.7 Å². The van der Waals surface area contributed by atoms with E-state index >= 15 is 0 Å². The van der Waals surface area contributed by atoms with Gasteiger partial charge in [-0.2, -0.15) is 0 Å². The topological polar surface area (TPSA) is 66.6 Å². The van der Waals surface area contributed by atoms with E-state index in [1.165, 1.54) is 25.8 Å². The number of hydrogen-bond acceptors (Lipinski definition) is 3.